The van der Waals surface area contributed by atoms with Crippen LogP contribution in [0.5, 0.6) is 0 Å². The molecule has 0 aromatic heterocycles. The average Bonchev–Trinajstić information content (AvgIpc) is 2.61. The van der Waals surface area contributed by atoms with E-state index < -0.39 is 12.2 Å². The van der Waals surface area contributed by atoms with Gasteiger partial charge in [0, 0.05) is 5.56 Å². The second-order valence-electron chi connectivity index (χ2n) is 5.58. The Bertz CT molecular complexity index is 712. The van der Waals surface area contributed by atoms with Gasteiger partial charge < -0.3 is 4.74 Å². The molecule has 0 N–H and O–H groups in total. The van der Waals surface area contributed by atoms with Gasteiger partial charge in [0.25, 0.3) is 0 Å². The van der Waals surface area contributed by atoms with Crippen molar-refractivity contribution in [2.45, 2.75) is 25.0 Å². The van der Waals surface area contributed by atoms with Crippen molar-refractivity contribution in [2.24, 2.45) is 0 Å². The van der Waals surface area contributed by atoms with Gasteiger partial charge in [0.2, 0.25) is 0 Å². The molecule has 0 heterocycles. The Kier molecular flexibility index (Phi) is 5.03. The maximum absolute atomic E-state index is 12.6. The smallest absolute Gasteiger partial charge is 0.191 e. The van der Waals surface area contributed by atoms with Crippen LogP contribution in [-0.4, -0.2) is 23.0 Å². The molecule has 0 bridgehead atoms. The van der Waals surface area contributed by atoms with Gasteiger partial charge in [-0.2, -0.15) is 0 Å². The molecule has 0 spiro atoms. The van der Waals surface area contributed by atoms with E-state index in [0.29, 0.717) is 12.0 Å². The van der Waals surface area contributed by atoms with Gasteiger partial charge in [-0.25, -0.2) is 0 Å². The molecule has 1 aliphatic carbocycles. The summed E-state index contributed by atoms with van der Waals surface area (Å²) in [6, 6.07) is 16.9. The molecule has 0 radical (unpaired) electrons. The zero-order valence-electron chi connectivity index (χ0n) is 12.6. The number of benzene rings is 2. The summed E-state index contributed by atoms with van der Waals surface area (Å²) in [6.45, 7) is 0. The van der Waals surface area contributed by atoms with Gasteiger partial charge in [-0.1, -0.05) is 70.5 Å². The van der Waals surface area contributed by atoms with Crippen LogP contribution in [0.3, 0.4) is 0 Å². The summed E-state index contributed by atoms with van der Waals surface area (Å²) < 4.78 is 5.97. The lowest BCUT2D eigenvalue weighted by Gasteiger charge is -2.27. The van der Waals surface area contributed by atoms with Crippen molar-refractivity contribution in [1.29, 1.82) is 0 Å². The van der Waals surface area contributed by atoms with Gasteiger partial charge in [0.1, 0.15) is 12.2 Å². The Morgan fingerprint density at radius 3 is 2.57 bits per heavy atom. The van der Waals surface area contributed by atoms with Crippen molar-refractivity contribution in [3.63, 3.8) is 0 Å². The number of carbonyl (C=O) groups excluding carboxylic acids is 2. The quantitative estimate of drug-likeness (QED) is 0.747. The van der Waals surface area contributed by atoms with Crippen LogP contribution in [0.4, 0.5) is 0 Å². The molecule has 1 aliphatic rings. The fraction of sp³-hybridized carbons (Fsp3) is 0.263. The molecule has 2 aromatic carbocycles. The van der Waals surface area contributed by atoms with E-state index >= 15 is 0 Å². The molecule has 4 heteroatoms. The summed E-state index contributed by atoms with van der Waals surface area (Å²) in [6.07, 6.45) is 0.110. The molecule has 118 valence electrons. The molecule has 0 amide bonds. The van der Waals surface area contributed by atoms with Gasteiger partial charge >= 0.3 is 0 Å². The Hall–Kier alpha value is -1.78. The topological polar surface area (TPSA) is 43.4 Å². The van der Waals surface area contributed by atoms with Crippen molar-refractivity contribution < 1.29 is 14.3 Å². The first-order valence-electron chi connectivity index (χ1n) is 7.62. The third-order valence-corrected chi connectivity index (χ3v) is 4.63. The molecule has 2 unspecified atom stereocenters. The minimum Gasteiger partial charge on any atom is -0.354 e. The van der Waals surface area contributed by atoms with Crippen LogP contribution in [0.15, 0.2) is 54.6 Å². The van der Waals surface area contributed by atoms with E-state index in [4.69, 9.17) is 4.74 Å². The zero-order valence-corrected chi connectivity index (χ0v) is 14.2. The summed E-state index contributed by atoms with van der Waals surface area (Å²) in [5.74, 6) is -0.113. The van der Waals surface area contributed by atoms with Crippen LogP contribution in [-0.2, 0) is 16.0 Å². The first-order chi connectivity index (χ1) is 11.2. The Balaban J connectivity index is 1.84. The van der Waals surface area contributed by atoms with Crippen molar-refractivity contribution in [3.05, 3.63) is 71.3 Å². The largest absolute Gasteiger partial charge is 0.354 e. The van der Waals surface area contributed by atoms with E-state index in [0.717, 1.165) is 17.5 Å². The fourth-order valence-electron chi connectivity index (χ4n) is 2.90. The van der Waals surface area contributed by atoms with Gasteiger partial charge in [0.15, 0.2) is 11.6 Å². The number of halogens is 1. The van der Waals surface area contributed by atoms with E-state index in [2.05, 4.69) is 15.9 Å². The summed E-state index contributed by atoms with van der Waals surface area (Å²) in [4.78, 5) is 24.9. The minimum absolute atomic E-state index is 0.0323. The number of Topliss-reactive ketones (excluding diaryl/α,β-unsaturated/α-hetero) is 2. The number of alkyl halides is 1. The lowest BCUT2D eigenvalue weighted by atomic mass is 9.88. The SMILES string of the molecule is O=C1c2ccccc2CCC1OC(C(=O)CBr)c1ccccc1. The third-order valence-electron chi connectivity index (χ3n) is 4.08. The van der Waals surface area contributed by atoms with Crippen molar-refractivity contribution in [3.8, 4) is 0 Å². The molecule has 2 atom stereocenters. The van der Waals surface area contributed by atoms with E-state index in [-0.39, 0.29) is 16.9 Å². The summed E-state index contributed by atoms with van der Waals surface area (Å²) >= 11 is 3.20. The lowest BCUT2D eigenvalue weighted by Crippen LogP contribution is -2.33. The standard InChI is InChI=1S/C19H17BrO3/c20-12-16(21)19(14-7-2-1-3-8-14)23-17-11-10-13-6-4-5-9-15(13)18(17)22/h1-9,17,19H,10-12H2. The molecular formula is C19H17BrO3. The normalized spacial score (nSPS) is 18.3. The first-order valence-corrected chi connectivity index (χ1v) is 8.74. The van der Waals surface area contributed by atoms with Crippen molar-refractivity contribution in [1.82, 2.24) is 0 Å². The van der Waals surface area contributed by atoms with E-state index in [1.807, 2.05) is 54.6 Å². The maximum atomic E-state index is 12.6. The van der Waals surface area contributed by atoms with E-state index in [9.17, 15) is 9.59 Å². The van der Waals surface area contributed by atoms with Gasteiger partial charge in [-0.15, -0.1) is 0 Å². The second-order valence-corrected chi connectivity index (χ2v) is 6.14. The molecule has 3 nitrogen and oxygen atoms in total. The van der Waals surface area contributed by atoms with Gasteiger partial charge in [0.05, 0.1) is 5.33 Å². The summed E-state index contributed by atoms with van der Waals surface area (Å²) in [7, 11) is 0. The number of hydrogen-bond donors (Lipinski definition) is 0. The first kappa shape index (κ1) is 16.1. The van der Waals surface area contributed by atoms with Crippen molar-refractivity contribution >= 4 is 27.5 Å². The van der Waals surface area contributed by atoms with E-state index in [1.165, 1.54) is 0 Å². The van der Waals surface area contributed by atoms with Crippen molar-refractivity contribution in [2.75, 3.05) is 5.33 Å². The Morgan fingerprint density at radius 2 is 1.83 bits per heavy atom. The van der Waals surface area contributed by atoms with E-state index in [1.54, 1.807) is 0 Å². The number of ketones is 2. The number of ether oxygens (including phenoxy) is 1. The molecule has 0 saturated heterocycles. The Labute approximate surface area is 143 Å². The van der Waals surface area contributed by atoms with Crippen LogP contribution in [0.2, 0.25) is 0 Å². The fourth-order valence-corrected chi connectivity index (χ4v) is 3.20. The molecule has 2 aromatic rings. The minimum atomic E-state index is -0.713. The molecular weight excluding hydrogens is 356 g/mol. The second kappa shape index (κ2) is 7.20. The zero-order chi connectivity index (χ0) is 16.2. The number of carbonyl (C=O) groups is 2. The van der Waals surface area contributed by atoms with Gasteiger partial charge in [-0.05, 0) is 24.0 Å². The van der Waals surface area contributed by atoms with Crippen LogP contribution in [0, 0.1) is 0 Å². The number of fused-ring (bicyclic) bond motifs is 1. The highest BCUT2D eigenvalue weighted by Gasteiger charge is 2.32. The predicted molar refractivity (Wildman–Crippen MR) is 92.0 cm³/mol. The molecule has 0 saturated carbocycles. The highest BCUT2D eigenvalue weighted by molar-refractivity contribution is 9.09. The third kappa shape index (κ3) is 3.43. The highest BCUT2D eigenvalue weighted by atomic mass is 79.9. The number of rotatable bonds is 5. The van der Waals surface area contributed by atoms with Crippen LogP contribution in [0.1, 0.15) is 34.0 Å². The molecule has 23 heavy (non-hydrogen) atoms. The number of aryl methyl sites for hydroxylation is 1. The monoisotopic (exact) mass is 372 g/mol. The average molecular weight is 373 g/mol. The summed E-state index contributed by atoms with van der Waals surface area (Å²) in [5.41, 5.74) is 2.55. The number of hydrogen-bond acceptors (Lipinski definition) is 3. The van der Waals surface area contributed by atoms with Crippen LogP contribution < -0.4 is 0 Å². The Morgan fingerprint density at radius 1 is 1.13 bits per heavy atom. The van der Waals surface area contributed by atoms with Gasteiger partial charge in [-0.3, -0.25) is 9.59 Å². The predicted octanol–water partition coefficient (Wildman–Crippen LogP) is 3.91. The molecule has 3 rings (SSSR count). The van der Waals surface area contributed by atoms with Crippen LogP contribution >= 0.6 is 15.9 Å². The molecule has 0 aliphatic heterocycles. The van der Waals surface area contributed by atoms with Crippen LogP contribution in [0.25, 0.3) is 0 Å². The highest BCUT2D eigenvalue weighted by Crippen LogP contribution is 2.28. The summed E-state index contributed by atoms with van der Waals surface area (Å²) in [5, 5.41) is 0.198. The lowest BCUT2D eigenvalue weighted by molar-refractivity contribution is -0.130. The maximum Gasteiger partial charge on any atom is 0.191 e. The molecule has 0 fully saturated rings.